The van der Waals surface area contributed by atoms with Gasteiger partial charge in [-0.3, -0.25) is 10.1 Å². The smallest absolute Gasteiger partial charge is 0.328 e. The fourth-order valence-electron chi connectivity index (χ4n) is 2.00. The summed E-state index contributed by atoms with van der Waals surface area (Å²) in [5.41, 5.74) is 1.15. The molecule has 0 fully saturated rings. The van der Waals surface area contributed by atoms with Crippen LogP contribution in [0, 0.1) is 10.1 Å². The number of nitro benzene ring substituents is 1. The molecule has 0 amide bonds. The number of benzene rings is 2. The third kappa shape index (κ3) is 8.87. The summed E-state index contributed by atoms with van der Waals surface area (Å²) in [6.45, 7) is 0. The van der Waals surface area contributed by atoms with Crippen LogP contribution in [0.25, 0.3) is 12.2 Å². The number of nitro groups is 1. The van der Waals surface area contributed by atoms with Crippen LogP contribution >= 0.6 is 0 Å². The van der Waals surface area contributed by atoms with Crippen molar-refractivity contribution in [2.24, 2.45) is 0 Å². The number of rotatable bonds is 7. The van der Waals surface area contributed by atoms with E-state index in [9.17, 15) is 19.7 Å². The van der Waals surface area contributed by atoms with Gasteiger partial charge in [-0.15, -0.1) is 0 Å². The fraction of sp³-hybridized carbons (Fsp3) is 0.100. The van der Waals surface area contributed by atoms with Crippen molar-refractivity contribution < 1.29 is 34.2 Å². The molecule has 0 saturated carbocycles. The summed E-state index contributed by atoms with van der Waals surface area (Å²) in [6, 6.07) is 10.9. The van der Waals surface area contributed by atoms with Crippen LogP contribution in [0.1, 0.15) is 11.1 Å². The highest BCUT2D eigenvalue weighted by atomic mass is 16.6. The van der Waals surface area contributed by atoms with E-state index in [1.807, 2.05) is 0 Å². The minimum Gasteiger partial charge on any atom is -0.497 e. The highest BCUT2D eigenvalue weighted by Gasteiger charge is 2.03. The Bertz CT molecular complexity index is 912. The molecule has 29 heavy (non-hydrogen) atoms. The lowest BCUT2D eigenvalue weighted by Crippen LogP contribution is -1.89. The van der Waals surface area contributed by atoms with Crippen LogP contribution in [0.5, 0.6) is 11.5 Å². The van der Waals surface area contributed by atoms with Gasteiger partial charge in [0.2, 0.25) is 0 Å². The molecule has 9 heteroatoms. The van der Waals surface area contributed by atoms with Crippen LogP contribution in [0.4, 0.5) is 5.69 Å². The lowest BCUT2D eigenvalue weighted by atomic mass is 10.2. The summed E-state index contributed by atoms with van der Waals surface area (Å²) >= 11 is 0. The Kier molecular flexibility index (Phi) is 9.12. The van der Waals surface area contributed by atoms with Gasteiger partial charge in [0.1, 0.15) is 11.5 Å². The van der Waals surface area contributed by atoms with Gasteiger partial charge in [-0.1, -0.05) is 12.1 Å². The van der Waals surface area contributed by atoms with Crippen molar-refractivity contribution in [1.82, 2.24) is 0 Å². The molecule has 0 heterocycles. The highest BCUT2D eigenvalue weighted by molar-refractivity contribution is 5.85. The molecule has 0 aliphatic carbocycles. The Balaban J connectivity index is 0.000000291. The predicted octanol–water partition coefficient (Wildman–Crippen LogP) is 3.49. The van der Waals surface area contributed by atoms with Crippen molar-refractivity contribution in [2.75, 3.05) is 14.2 Å². The zero-order chi connectivity index (χ0) is 21.8. The predicted molar refractivity (Wildman–Crippen MR) is 106 cm³/mol. The molecule has 2 N–H and O–H groups in total. The molecule has 0 atom stereocenters. The monoisotopic (exact) mass is 401 g/mol. The van der Waals surface area contributed by atoms with E-state index < -0.39 is 16.9 Å². The second-order valence-electron chi connectivity index (χ2n) is 5.34. The van der Waals surface area contributed by atoms with Gasteiger partial charge in [-0.25, -0.2) is 9.59 Å². The van der Waals surface area contributed by atoms with Gasteiger partial charge in [-0.2, -0.15) is 0 Å². The van der Waals surface area contributed by atoms with E-state index in [0.29, 0.717) is 22.6 Å². The molecular weight excluding hydrogens is 382 g/mol. The van der Waals surface area contributed by atoms with E-state index in [0.717, 1.165) is 12.2 Å². The number of carbonyl (C=O) groups is 2. The van der Waals surface area contributed by atoms with Gasteiger partial charge in [-0.05, 0) is 35.4 Å². The maximum Gasteiger partial charge on any atom is 0.328 e. The van der Waals surface area contributed by atoms with Crippen LogP contribution in [0.2, 0.25) is 0 Å². The van der Waals surface area contributed by atoms with E-state index in [2.05, 4.69) is 0 Å². The third-order valence-corrected chi connectivity index (χ3v) is 3.29. The molecule has 2 aromatic rings. The summed E-state index contributed by atoms with van der Waals surface area (Å²) < 4.78 is 10.1. The van der Waals surface area contributed by atoms with Crippen LogP contribution in [0.3, 0.4) is 0 Å². The number of carboxylic acid groups (broad SMARTS) is 2. The Hall–Kier alpha value is -4.14. The highest BCUT2D eigenvalue weighted by Crippen LogP contribution is 2.23. The van der Waals surface area contributed by atoms with Gasteiger partial charge in [0.25, 0.3) is 5.69 Å². The van der Waals surface area contributed by atoms with Crippen molar-refractivity contribution in [3.05, 3.63) is 75.9 Å². The maximum absolute atomic E-state index is 10.4. The summed E-state index contributed by atoms with van der Waals surface area (Å²) in [5.74, 6) is -0.827. The van der Waals surface area contributed by atoms with E-state index in [1.165, 1.54) is 30.4 Å². The molecule has 0 radical (unpaired) electrons. The van der Waals surface area contributed by atoms with Crippen LogP contribution in [-0.4, -0.2) is 41.3 Å². The lowest BCUT2D eigenvalue weighted by Gasteiger charge is -2.05. The second kappa shape index (κ2) is 11.5. The molecule has 0 bridgehead atoms. The average molecular weight is 401 g/mol. The molecule has 0 spiro atoms. The minimum absolute atomic E-state index is 0.0578. The summed E-state index contributed by atoms with van der Waals surface area (Å²) in [5, 5.41) is 27.2. The molecule has 0 saturated heterocycles. The standard InChI is InChI=1S/C11H12O4.C9H7NO4/c1-14-9-5-8(3-4-11(12)13)6-10(7-9)15-2;11-9(12)5-4-7-2-1-3-8(6-7)10(13)14/h3-7H,1-2H3,(H,12,13);1-6H,(H,11,12). The van der Waals surface area contributed by atoms with Crippen molar-refractivity contribution in [3.8, 4) is 11.5 Å². The Morgan fingerprint density at radius 1 is 0.897 bits per heavy atom. The normalized spacial score (nSPS) is 10.3. The van der Waals surface area contributed by atoms with Gasteiger partial charge in [0.15, 0.2) is 0 Å². The number of methoxy groups -OCH3 is 2. The molecule has 0 aromatic heterocycles. The Labute approximate surface area is 166 Å². The maximum atomic E-state index is 10.4. The summed E-state index contributed by atoms with van der Waals surface area (Å²) in [6.07, 6.45) is 4.77. The zero-order valence-electron chi connectivity index (χ0n) is 15.6. The first-order valence-corrected chi connectivity index (χ1v) is 8.04. The quantitative estimate of drug-likeness (QED) is 0.409. The molecule has 0 aliphatic heterocycles. The fourth-order valence-corrected chi connectivity index (χ4v) is 2.00. The largest absolute Gasteiger partial charge is 0.497 e. The first-order valence-electron chi connectivity index (χ1n) is 8.04. The first kappa shape index (κ1) is 22.9. The number of hydrogen-bond donors (Lipinski definition) is 2. The SMILES string of the molecule is COc1cc(C=CC(=O)O)cc(OC)c1.O=C(O)C=Cc1cccc([N+](=O)[O-])c1. The van der Waals surface area contributed by atoms with Crippen LogP contribution in [0.15, 0.2) is 54.6 Å². The van der Waals surface area contributed by atoms with Gasteiger partial charge >= 0.3 is 11.9 Å². The van der Waals surface area contributed by atoms with Gasteiger partial charge < -0.3 is 19.7 Å². The van der Waals surface area contributed by atoms with Crippen LogP contribution < -0.4 is 9.47 Å². The molecule has 2 rings (SSSR count). The van der Waals surface area contributed by atoms with Gasteiger partial charge in [0, 0.05) is 30.4 Å². The molecule has 152 valence electrons. The molecule has 0 unspecified atom stereocenters. The third-order valence-electron chi connectivity index (χ3n) is 3.29. The first-order chi connectivity index (χ1) is 13.7. The van der Waals surface area contributed by atoms with E-state index >= 15 is 0 Å². The Morgan fingerprint density at radius 2 is 1.41 bits per heavy atom. The van der Waals surface area contributed by atoms with Crippen molar-refractivity contribution in [2.45, 2.75) is 0 Å². The lowest BCUT2D eigenvalue weighted by molar-refractivity contribution is -0.384. The number of aliphatic carboxylic acids is 2. The van der Waals surface area contributed by atoms with Crippen molar-refractivity contribution >= 4 is 29.8 Å². The molecular formula is C20H19NO8. The Morgan fingerprint density at radius 3 is 1.86 bits per heavy atom. The second-order valence-corrected chi connectivity index (χ2v) is 5.34. The van der Waals surface area contributed by atoms with E-state index in [-0.39, 0.29) is 5.69 Å². The van der Waals surface area contributed by atoms with Crippen LogP contribution in [-0.2, 0) is 9.59 Å². The van der Waals surface area contributed by atoms with Crippen molar-refractivity contribution in [3.63, 3.8) is 0 Å². The minimum atomic E-state index is -1.09. The van der Waals surface area contributed by atoms with E-state index in [1.54, 1.807) is 38.5 Å². The average Bonchev–Trinajstić information content (AvgIpc) is 2.71. The summed E-state index contributed by atoms with van der Waals surface area (Å²) in [4.78, 5) is 30.3. The number of non-ortho nitro benzene ring substituents is 1. The number of ether oxygens (including phenoxy) is 2. The molecule has 0 aliphatic rings. The van der Waals surface area contributed by atoms with Gasteiger partial charge in [0.05, 0.1) is 19.1 Å². The van der Waals surface area contributed by atoms with E-state index in [4.69, 9.17) is 19.7 Å². The number of carboxylic acids is 2. The summed E-state index contributed by atoms with van der Waals surface area (Å²) in [7, 11) is 3.08. The molecule has 9 nitrogen and oxygen atoms in total. The number of nitrogens with zero attached hydrogens (tertiary/aromatic N) is 1. The van der Waals surface area contributed by atoms with Crippen molar-refractivity contribution in [1.29, 1.82) is 0 Å². The topological polar surface area (TPSA) is 136 Å². The number of hydrogen-bond acceptors (Lipinski definition) is 6. The zero-order valence-corrected chi connectivity index (χ0v) is 15.6. The molecule has 2 aromatic carbocycles.